The van der Waals surface area contributed by atoms with Gasteiger partial charge in [-0.3, -0.25) is 4.90 Å². The molecule has 1 fully saturated rings. The van der Waals surface area contributed by atoms with Crippen molar-refractivity contribution in [1.29, 1.82) is 0 Å². The summed E-state index contributed by atoms with van der Waals surface area (Å²) in [6.07, 6.45) is 2.39. The first-order valence-electron chi connectivity index (χ1n) is 8.31. The maximum absolute atomic E-state index is 5.62. The zero-order chi connectivity index (χ0) is 15.2. The number of nitrogens with zero attached hydrogens (tertiary/aromatic N) is 2. The molecule has 0 spiro atoms. The fraction of sp³-hybridized carbons (Fsp3) is 0.667. The molecule has 0 atom stereocenters. The highest BCUT2D eigenvalue weighted by Gasteiger charge is 2.16. The number of aryl methyl sites for hydroxylation is 3. The molecule has 0 unspecified atom stereocenters. The van der Waals surface area contributed by atoms with E-state index in [4.69, 9.17) is 5.73 Å². The average Bonchev–Trinajstić information content (AvgIpc) is 2.66. The van der Waals surface area contributed by atoms with Crippen molar-refractivity contribution in [2.75, 3.05) is 39.3 Å². The van der Waals surface area contributed by atoms with Gasteiger partial charge in [0.25, 0.3) is 0 Å². The Morgan fingerprint density at radius 1 is 0.952 bits per heavy atom. The van der Waals surface area contributed by atoms with E-state index in [0.29, 0.717) is 0 Å². The van der Waals surface area contributed by atoms with Crippen LogP contribution in [-0.2, 0) is 6.54 Å². The Bertz CT molecular complexity index is 433. The van der Waals surface area contributed by atoms with Crippen LogP contribution in [0, 0.1) is 20.8 Å². The zero-order valence-corrected chi connectivity index (χ0v) is 14.0. The van der Waals surface area contributed by atoms with Crippen molar-refractivity contribution in [3.63, 3.8) is 0 Å². The third-order valence-corrected chi connectivity index (χ3v) is 4.58. The van der Waals surface area contributed by atoms with Crippen molar-refractivity contribution in [1.82, 2.24) is 9.80 Å². The van der Waals surface area contributed by atoms with Crippen molar-refractivity contribution in [2.45, 2.75) is 40.2 Å². The molecular formula is C18H31N3. The van der Waals surface area contributed by atoms with Crippen LogP contribution in [0.4, 0.5) is 0 Å². The molecule has 1 aromatic carbocycles. The summed E-state index contributed by atoms with van der Waals surface area (Å²) in [5.74, 6) is 0. The standard InChI is InChI=1S/C18H31N3/c1-15-12-16(2)18(17(3)13-15)14-21-9-5-8-20(10-11-21)7-4-6-19/h12-13H,4-11,14,19H2,1-3H3. The Balaban J connectivity index is 1.95. The van der Waals surface area contributed by atoms with Gasteiger partial charge in [-0.15, -0.1) is 0 Å². The third-order valence-electron chi connectivity index (χ3n) is 4.58. The van der Waals surface area contributed by atoms with E-state index in [1.807, 2.05) is 0 Å². The van der Waals surface area contributed by atoms with E-state index in [0.717, 1.165) is 26.1 Å². The number of rotatable bonds is 5. The lowest BCUT2D eigenvalue weighted by Gasteiger charge is -2.23. The molecule has 0 amide bonds. The number of hydrogen-bond acceptors (Lipinski definition) is 3. The van der Waals surface area contributed by atoms with E-state index >= 15 is 0 Å². The quantitative estimate of drug-likeness (QED) is 0.904. The Hall–Kier alpha value is -0.900. The minimum atomic E-state index is 0.808. The van der Waals surface area contributed by atoms with E-state index in [2.05, 4.69) is 42.7 Å². The molecule has 21 heavy (non-hydrogen) atoms. The van der Waals surface area contributed by atoms with Gasteiger partial charge in [0.2, 0.25) is 0 Å². The van der Waals surface area contributed by atoms with Gasteiger partial charge in [-0.25, -0.2) is 0 Å². The van der Waals surface area contributed by atoms with Crippen LogP contribution in [-0.4, -0.2) is 49.1 Å². The summed E-state index contributed by atoms with van der Waals surface area (Å²) in [5, 5.41) is 0. The highest BCUT2D eigenvalue weighted by Crippen LogP contribution is 2.19. The Labute approximate surface area is 130 Å². The van der Waals surface area contributed by atoms with Crippen molar-refractivity contribution in [3.8, 4) is 0 Å². The number of hydrogen-bond donors (Lipinski definition) is 1. The Kier molecular flexibility index (Phi) is 6.22. The topological polar surface area (TPSA) is 32.5 Å². The van der Waals surface area contributed by atoms with Crippen LogP contribution in [0.15, 0.2) is 12.1 Å². The third kappa shape index (κ3) is 4.80. The van der Waals surface area contributed by atoms with E-state index in [-0.39, 0.29) is 0 Å². The summed E-state index contributed by atoms with van der Waals surface area (Å²) in [6.45, 7) is 14.6. The molecule has 1 heterocycles. The minimum Gasteiger partial charge on any atom is -0.330 e. The summed E-state index contributed by atoms with van der Waals surface area (Å²) in [7, 11) is 0. The summed E-state index contributed by atoms with van der Waals surface area (Å²) in [4.78, 5) is 5.19. The largest absolute Gasteiger partial charge is 0.330 e. The molecule has 0 saturated carbocycles. The van der Waals surface area contributed by atoms with Crippen molar-refractivity contribution in [2.24, 2.45) is 5.73 Å². The fourth-order valence-electron chi connectivity index (χ4n) is 3.40. The number of benzene rings is 1. The first-order chi connectivity index (χ1) is 10.1. The summed E-state index contributed by atoms with van der Waals surface area (Å²) >= 11 is 0. The Morgan fingerprint density at radius 2 is 1.57 bits per heavy atom. The second-order valence-electron chi connectivity index (χ2n) is 6.49. The number of nitrogens with two attached hydrogens (primary N) is 1. The second kappa shape index (κ2) is 7.92. The molecule has 3 heteroatoms. The normalized spacial score (nSPS) is 17.9. The van der Waals surface area contributed by atoms with Gasteiger partial charge in [0.1, 0.15) is 0 Å². The predicted molar refractivity (Wildman–Crippen MR) is 90.7 cm³/mol. The predicted octanol–water partition coefficient (Wildman–Crippen LogP) is 2.47. The van der Waals surface area contributed by atoms with Gasteiger partial charge in [-0.05, 0) is 76.5 Å². The SMILES string of the molecule is Cc1cc(C)c(CN2CCCN(CCCN)CC2)c(C)c1. The summed E-state index contributed by atoms with van der Waals surface area (Å²) in [6, 6.07) is 4.63. The van der Waals surface area contributed by atoms with Gasteiger partial charge in [0.15, 0.2) is 0 Å². The zero-order valence-electron chi connectivity index (χ0n) is 14.0. The molecule has 0 aliphatic carbocycles. The molecule has 0 aromatic heterocycles. The molecule has 1 aliphatic rings. The first kappa shape index (κ1) is 16.5. The van der Waals surface area contributed by atoms with Crippen molar-refractivity contribution in [3.05, 3.63) is 34.4 Å². The molecule has 2 N–H and O–H groups in total. The average molecular weight is 289 g/mol. The van der Waals surface area contributed by atoms with Gasteiger partial charge < -0.3 is 10.6 Å². The molecule has 1 saturated heterocycles. The van der Waals surface area contributed by atoms with Gasteiger partial charge in [0.05, 0.1) is 0 Å². The van der Waals surface area contributed by atoms with Crippen LogP contribution in [0.25, 0.3) is 0 Å². The highest BCUT2D eigenvalue weighted by atomic mass is 15.2. The lowest BCUT2D eigenvalue weighted by atomic mass is 9.99. The molecule has 2 rings (SSSR count). The molecule has 0 radical (unpaired) electrons. The second-order valence-corrected chi connectivity index (χ2v) is 6.49. The van der Waals surface area contributed by atoms with E-state index < -0.39 is 0 Å². The minimum absolute atomic E-state index is 0.808. The molecule has 118 valence electrons. The van der Waals surface area contributed by atoms with Gasteiger partial charge >= 0.3 is 0 Å². The monoisotopic (exact) mass is 289 g/mol. The summed E-state index contributed by atoms with van der Waals surface area (Å²) in [5.41, 5.74) is 11.4. The van der Waals surface area contributed by atoms with Crippen molar-refractivity contribution < 1.29 is 0 Å². The molecule has 3 nitrogen and oxygen atoms in total. The maximum Gasteiger partial charge on any atom is 0.0239 e. The van der Waals surface area contributed by atoms with Crippen LogP contribution in [0.3, 0.4) is 0 Å². The molecule has 1 aliphatic heterocycles. The van der Waals surface area contributed by atoms with Crippen LogP contribution in [0.1, 0.15) is 35.1 Å². The van der Waals surface area contributed by atoms with Gasteiger partial charge in [-0.1, -0.05) is 17.7 Å². The van der Waals surface area contributed by atoms with Crippen molar-refractivity contribution >= 4 is 0 Å². The lowest BCUT2D eigenvalue weighted by molar-refractivity contribution is 0.250. The van der Waals surface area contributed by atoms with Crippen LogP contribution in [0.2, 0.25) is 0 Å². The summed E-state index contributed by atoms with van der Waals surface area (Å²) < 4.78 is 0. The van der Waals surface area contributed by atoms with Gasteiger partial charge in [0, 0.05) is 19.6 Å². The van der Waals surface area contributed by atoms with E-state index in [1.54, 1.807) is 0 Å². The van der Waals surface area contributed by atoms with Crippen LogP contribution < -0.4 is 5.73 Å². The van der Waals surface area contributed by atoms with Crippen LogP contribution >= 0.6 is 0 Å². The lowest BCUT2D eigenvalue weighted by Crippen LogP contribution is -2.32. The smallest absolute Gasteiger partial charge is 0.0239 e. The van der Waals surface area contributed by atoms with E-state index in [9.17, 15) is 0 Å². The highest BCUT2D eigenvalue weighted by molar-refractivity contribution is 5.37. The molecule has 0 bridgehead atoms. The van der Waals surface area contributed by atoms with Crippen LogP contribution in [0.5, 0.6) is 0 Å². The van der Waals surface area contributed by atoms with E-state index in [1.165, 1.54) is 54.9 Å². The molecule has 1 aromatic rings. The Morgan fingerprint density at radius 3 is 2.24 bits per heavy atom. The first-order valence-corrected chi connectivity index (χ1v) is 8.31. The van der Waals surface area contributed by atoms with Gasteiger partial charge in [-0.2, -0.15) is 0 Å². The maximum atomic E-state index is 5.62. The fourth-order valence-corrected chi connectivity index (χ4v) is 3.40. The molecular weight excluding hydrogens is 258 g/mol.